The van der Waals surface area contributed by atoms with Gasteiger partial charge < -0.3 is 15.8 Å². The minimum Gasteiger partial charge on any atom is -0.495 e. The number of carbonyl (C=O) groups is 1. The Hall–Kier alpha value is -1.55. The molecule has 0 aromatic heterocycles. The van der Waals surface area contributed by atoms with E-state index in [-0.39, 0.29) is 11.8 Å². The van der Waals surface area contributed by atoms with Crippen LogP contribution < -0.4 is 15.8 Å². The monoisotopic (exact) mass is 264 g/mol. The summed E-state index contributed by atoms with van der Waals surface area (Å²) in [5, 5.41) is 2.90. The molecular weight excluding hydrogens is 240 g/mol. The third-order valence-electron chi connectivity index (χ3n) is 3.10. The molecule has 0 fully saturated rings. The van der Waals surface area contributed by atoms with Crippen LogP contribution in [-0.2, 0) is 4.79 Å². The van der Waals surface area contributed by atoms with Crippen LogP contribution in [0.25, 0.3) is 0 Å². The van der Waals surface area contributed by atoms with Gasteiger partial charge in [-0.1, -0.05) is 26.8 Å². The molecule has 0 saturated carbocycles. The second kappa shape index (κ2) is 7.14. The van der Waals surface area contributed by atoms with Crippen LogP contribution in [0.2, 0.25) is 0 Å². The fourth-order valence-electron chi connectivity index (χ4n) is 1.78. The fourth-order valence-corrected chi connectivity index (χ4v) is 1.78. The summed E-state index contributed by atoms with van der Waals surface area (Å²) in [5.74, 6) is 1.24. The number of hydrogen-bond acceptors (Lipinski definition) is 3. The van der Waals surface area contributed by atoms with E-state index in [4.69, 9.17) is 10.5 Å². The van der Waals surface area contributed by atoms with E-state index < -0.39 is 0 Å². The molecule has 0 spiro atoms. The van der Waals surface area contributed by atoms with Crippen LogP contribution in [0, 0.1) is 5.92 Å². The van der Waals surface area contributed by atoms with Crippen molar-refractivity contribution in [2.45, 2.75) is 33.1 Å². The maximum absolute atomic E-state index is 11.9. The molecule has 0 heterocycles. The van der Waals surface area contributed by atoms with Crippen molar-refractivity contribution in [2.75, 3.05) is 19.0 Å². The molecule has 19 heavy (non-hydrogen) atoms. The summed E-state index contributed by atoms with van der Waals surface area (Å²) in [6.07, 6.45) is 0.422. The van der Waals surface area contributed by atoms with Crippen LogP contribution in [0.5, 0.6) is 5.75 Å². The number of benzene rings is 1. The zero-order valence-electron chi connectivity index (χ0n) is 12.2. The Balaban J connectivity index is 2.85. The van der Waals surface area contributed by atoms with Gasteiger partial charge in [-0.2, -0.15) is 0 Å². The number of carbonyl (C=O) groups excluding carboxylic acids is 1. The molecule has 1 aromatic carbocycles. The Morgan fingerprint density at radius 2 is 2.05 bits per heavy atom. The van der Waals surface area contributed by atoms with E-state index >= 15 is 0 Å². The molecule has 0 aliphatic heterocycles. The van der Waals surface area contributed by atoms with Crippen molar-refractivity contribution in [3.05, 3.63) is 23.8 Å². The summed E-state index contributed by atoms with van der Waals surface area (Å²) < 4.78 is 5.27. The maximum atomic E-state index is 11.9. The first-order valence-electron chi connectivity index (χ1n) is 6.65. The van der Waals surface area contributed by atoms with Gasteiger partial charge in [0, 0.05) is 6.42 Å². The number of anilines is 1. The lowest BCUT2D eigenvalue weighted by Crippen LogP contribution is -2.20. The summed E-state index contributed by atoms with van der Waals surface area (Å²) >= 11 is 0. The topological polar surface area (TPSA) is 64.3 Å². The van der Waals surface area contributed by atoms with Crippen molar-refractivity contribution in [1.82, 2.24) is 0 Å². The van der Waals surface area contributed by atoms with Crippen LogP contribution in [0.1, 0.15) is 38.7 Å². The lowest BCUT2D eigenvalue weighted by Gasteiger charge is -2.15. The average molecular weight is 264 g/mol. The van der Waals surface area contributed by atoms with Crippen molar-refractivity contribution in [3.63, 3.8) is 0 Å². The Morgan fingerprint density at radius 1 is 1.37 bits per heavy atom. The smallest absolute Gasteiger partial charge is 0.224 e. The number of methoxy groups -OCH3 is 1. The van der Waals surface area contributed by atoms with Crippen molar-refractivity contribution in [1.29, 1.82) is 0 Å². The first kappa shape index (κ1) is 15.5. The molecule has 106 valence electrons. The second-order valence-corrected chi connectivity index (χ2v) is 5.21. The summed E-state index contributed by atoms with van der Waals surface area (Å²) in [6.45, 7) is 6.70. The van der Waals surface area contributed by atoms with Gasteiger partial charge in [0.15, 0.2) is 0 Å². The van der Waals surface area contributed by atoms with Crippen molar-refractivity contribution in [3.8, 4) is 5.75 Å². The summed E-state index contributed by atoms with van der Waals surface area (Å²) in [4.78, 5) is 11.9. The summed E-state index contributed by atoms with van der Waals surface area (Å²) in [6, 6.07) is 5.87. The Labute approximate surface area is 115 Å². The number of nitrogens with one attached hydrogen (secondary N) is 1. The highest BCUT2D eigenvalue weighted by molar-refractivity contribution is 5.92. The fraction of sp³-hybridized carbons (Fsp3) is 0.533. The first-order chi connectivity index (χ1) is 8.97. The number of hydrogen-bond donors (Lipinski definition) is 2. The molecule has 3 N–H and O–H groups in total. The highest BCUT2D eigenvalue weighted by Gasteiger charge is 2.12. The van der Waals surface area contributed by atoms with Gasteiger partial charge >= 0.3 is 0 Å². The van der Waals surface area contributed by atoms with E-state index in [1.165, 1.54) is 5.56 Å². The van der Waals surface area contributed by atoms with Gasteiger partial charge in [-0.25, -0.2) is 0 Å². The first-order valence-corrected chi connectivity index (χ1v) is 6.65. The van der Waals surface area contributed by atoms with E-state index in [0.29, 0.717) is 24.6 Å². The van der Waals surface area contributed by atoms with E-state index in [0.717, 1.165) is 5.69 Å². The average Bonchev–Trinajstić information content (AvgIpc) is 2.38. The molecule has 0 bridgehead atoms. The van der Waals surface area contributed by atoms with Crippen molar-refractivity contribution >= 4 is 11.6 Å². The number of nitrogens with two attached hydrogens (primary N) is 1. The van der Waals surface area contributed by atoms with Gasteiger partial charge in [0.05, 0.1) is 12.8 Å². The molecule has 0 radical (unpaired) electrons. The molecule has 1 aromatic rings. The van der Waals surface area contributed by atoms with E-state index in [1.807, 2.05) is 25.1 Å². The van der Waals surface area contributed by atoms with Gasteiger partial charge in [-0.15, -0.1) is 0 Å². The lowest BCUT2D eigenvalue weighted by atomic mass is 10.0. The molecule has 4 heteroatoms. The minimum absolute atomic E-state index is 0.0304. The highest BCUT2D eigenvalue weighted by atomic mass is 16.5. The zero-order chi connectivity index (χ0) is 14.4. The Kier molecular flexibility index (Phi) is 5.83. The predicted octanol–water partition coefficient (Wildman–Crippen LogP) is 2.74. The second-order valence-electron chi connectivity index (χ2n) is 5.21. The predicted molar refractivity (Wildman–Crippen MR) is 78.5 cm³/mol. The molecule has 4 nitrogen and oxygen atoms in total. The zero-order valence-corrected chi connectivity index (χ0v) is 12.2. The SMILES string of the molecule is COc1ccc(C(C)C)cc1NC(=O)CC(C)CN. The van der Waals surface area contributed by atoms with Gasteiger partial charge in [0.1, 0.15) is 5.75 Å². The van der Waals surface area contributed by atoms with E-state index in [9.17, 15) is 4.79 Å². The third-order valence-corrected chi connectivity index (χ3v) is 3.10. The van der Waals surface area contributed by atoms with Gasteiger partial charge in [-0.05, 0) is 36.1 Å². The third kappa shape index (κ3) is 4.56. The van der Waals surface area contributed by atoms with Gasteiger partial charge in [-0.3, -0.25) is 4.79 Å². The van der Waals surface area contributed by atoms with Crippen LogP contribution >= 0.6 is 0 Å². The Bertz CT molecular complexity index is 430. The molecule has 0 saturated heterocycles. The van der Waals surface area contributed by atoms with Crippen LogP contribution in [0.4, 0.5) is 5.69 Å². The molecule has 1 unspecified atom stereocenters. The normalized spacial score (nSPS) is 12.3. The van der Waals surface area contributed by atoms with E-state index in [1.54, 1.807) is 7.11 Å². The van der Waals surface area contributed by atoms with Crippen LogP contribution in [0.15, 0.2) is 18.2 Å². The van der Waals surface area contributed by atoms with Crippen LogP contribution in [-0.4, -0.2) is 19.6 Å². The lowest BCUT2D eigenvalue weighted by molar-refractivity contribution is -0.116. The quantitative estimate of drug-likeness (QED) is 0.830. The maximum Gasteiger partial charge on any atom is 0.224 e. The van der Waals surface area contributed by atoms with Crippen molar-refractivity contribution in [2.24, 2.45) is 11.7 Å². The van der Waals surface area contributed by atoms with Crippen molar-refractivity contribution < 1.29 is 9.53 Å². The highest BCUT2D eigenvalue weighted by Crippen LogP contribution is 2.28. The molecule has 1 rings (SSSR count). The standard InChI is InChI=1S/C15H24N2O2/c1-10(2)12-5-6-14(19-4)13(8-12)17-15(18)7-11(3)9-16/h5-6,8,10-11H,7,9,16H2,1-4H3,(H,17,18). The van der Waals surface area contributed by atoms with E-state index in [2.05, 4.69) is 19.2 Å². The van der Waals surface area contributed by atoms with Gasteiger partial charge in [0.2, 0.25) is 5.91 Å². The number of ether oxygens (including phenoxy) is 1. The van der Waals surface area contributed by atoms with Gasteiger partial charge in [0.25, 0.3) is 0 Å². The molecular formula is C15H24N2O2. The largest absolute Gasteiger partial charge is 0.495 e. The summed E-state index contributed by atoms with van der Waals surface area (Å²) in [5.41, 5.74) is 7.42. The molecule has 1 atom stereocenters. The van der Waals surface area contributed by atoms with Crippen LogP contribution in [0.3, 0.4) is 0 Å². The number of rotatable bonds is 6. The number of amides is 1. The molecule has 0 aliphatic carbocycles. The summed E-state index contributed by atoms with van der Waals surface area (Å²) in [7, 11) is 1.60. The molecule has 1 amide bonds. The molecule has 0 aliphatic rings. The Morgan fingerprint density at radius 3 is 2.58 bits per heavy atom. The minimum atomic E-state index is -0.0304.